The molecule has 0 aromatic heterocycles. The minimum Gasteiger partial charge on any atom is -0.460 e. The van der Waals surface area contributed by atoms with Gasteiger partial charge in [0.05, 0.1) is 12.2 Å². The van der Waals surface area contributed by atoms with E-state index in [4.69, 9.17) is 15.2 Å². The number of esters is 1. The third-order valence-electron chi connectivity index (χ3n) is 2.46. The van der Waals surface area contributed by atoms with Crippen molar-refractivity contribution < 1.29 is 14.3 Å². The first-order valence-corrected chi connectivity index (χ1v) is 7.09. The van der Waals surface area contributed by atoms with Crippen LogP contribution in [0.2, 0.25) is 0 Å². The molecule has 0 heterocycles. The fraction of sp³-hybridized carbons (Fsp3) is 0.500. The molecule has 0 aliphatic rings. The fourth-order valence-electron chi connectivity index (χ4n) is 1.43. The Morgan fingerprint density at radius 2 is 2.00 bits per heavy atom. The van der Waals surface area contributed by atoms with Gasteiger partial charge in [-0.05, 0) is 30.5 Å². The smallest absolute Gasteiger partial charge is 0.338 e. The number of rotatable bonds is 7. The van der Waals surface area contributed by atoms with Crippen molar-refractivity contribution in [3.63, 3.8) is 0 Å². The summed E-state index contributed by atoms with van der Waals surface area (Å²) in [7, 11) is 0. The van der Waals surface area contributed by atoms with Crippen molar-refractivity contribution in [3.8, 4) is 0 Å². The van der Waals surface area contributed by atoms with E-state index in [1.807, 2.05) is 0 Å². The second kappa shape index (κ2) is 8.17. The molecule has 4 nitrogen and oxygen atoms in total. The van der Waals surface area contributed by atoms with E-state index in [1.54, 1.807) is 18.2 Å². The van der Waals surface area contributed by atoms with Gasteiger partial charge in [-0.3, -0.25) is 0 Å². The minimum absolute atomic E-state index is 0.253. The van der Waals surface area contributed by atoms with Crippen LogP contribution in [-0.4, -0.2) is 25.8 Å². The van der Waals surface area contributed by atoms with Crippen LogP contribution < -0.4 is 5.73 Å². The number of carbonyl (C=O) groups is 1. The fourth-order valence-corrected chi connectivity index (χ4v) is 1.94. The summed E-state index contributed by atoms with van der Waals surface area (Å²) >= 11 is 3.28. The predicted octanol–water partition coefficient (Wildman–Crippen LogP) is 3.25. The normalized spacial score (nSPS) is 10.7. The maximum Gasteiger partial charge on any atom is 0.338 e. The molecule has 0 aliphatic heterocycles. The molecule has 19 heavy (non-hydrogen) atoms. The van der Waals surface area contributed by atoms with Crippen molar-refractivity contribution >= 4 is 27.6 Å². The van der Waals surface area contributed by atoms with Crippen LogP contribution in [-0.2, 0) is 9.47 Å². The number of anilines is 1. The Morgan fingerprint density at radius 3 is 2.63 bits per heavy atom. The topological polar surface area (TPSA) is 61.5 Å². The highest BCUT2D eigenvalue weighted by molar-refractivity contribution is 9.10. The highest BCUT2D eigenvalue weighted by Crippen LogP contribution is 2.17. The summed E-state index contributed by atoms with van der Waals surface area (Å²) in [6, 6.07) is 5.00. The standard InChI is InChI=1S/C14H20BrNO3/c1-10(2)3-4-18-5-6-19-14(17)11-7-12(15)9-13(16)8-11/h7-10H,3-6,16H2,1-2H3. The summed E-state index contributed by atoms with van der Waals surface area (Å²) in [4.78, 5) is 11.7. The molecular weight excluding hydrogens is 310 g/mol. The van der Waals surface area contributed by atoms with Gasteiger partial charge >= 0.3 is 5.97 Å². The maximum absolute atomic E-state index is 11.7. The molecule has 0 bridgehead atoms. The molecule has 0 amide bonds. The van der Waals surface area contributed by atoms with Gasteiger partial charge in [0.25, 0.3) is 0 Å². The van der Waals surface area contributed by atoms with Crippen molar-refractivity contribution in [1.29, 1.82) is 0 Å². The van der Waals surface area contributed by atoms with E-state index in [0.29, 0.717) is 30.4 Å². The molecule has 0 saturated heterocycles. The van der Waals surface area contributed by atoms with E-state index in [0.717, 1.165) is 10.9 Å². The number of hydrogen-bond acceptors (Lipinski definition) is 4. The number of nitrogen functional groups attached to an aromatic ring is 1. The number of hydrogen-bond donors (Lipinski definition) is 1. The van der Waals surface area contributed by atoms with Gasteiger partial charge in [0.2, 0.25) is 0 Å². The number of benzene rings is 1. The summed E-state index contributed by atoms with van der Waals surface area (Å²) in [6.45, 7) is 5.65. The quantitative estimate of drug-likeness (QED) is 0.474. The largest absolute Gasteiger partial charge is 0.460 e. The van der Waals surface area contributed by atoms with E-state index in [2.05, 4.69) is 29.8 Å². The predicted molar refractivity (Wildman–Crippen MR) is 79.1 cm³/mol. The van der Waals surface area contributed by atoms with Gasteiger partial charge in [-0.1, -0.05) is 29.8 Å². The van der Waals surface area contributed by atoms with Crippen molar-refractivity contribution in [2.24, 2.45) is 5.92 Å². The monoisotopic (exact) mass is 329 g/mol. The molecule has 0 spiro atoms. The molecule has 0 radical (unpaired) electrons. The number of ether oxygens (including phenoxy) is 2. The molecule has 1 aromatic rings. The molecule has 2 N–H and O–H groups in total. The lowest BCUT2D eigenvalue weighted by Gasteiger charge is -2.08. The van der Waals surface area contributed by atoms with Crippen molar-refractivity contribution in [3.05, 3.63) is 28.2 Å². The Kier molecular flexibility index (Phi) is 6.87. The van der Waals surface area contributed by atoms with Crippen LogP contribution in [0.4, 0.5) is 5.69 Å². The van der Waals surface area contributed by atoms with Crippen LogP contribution in [0.15, 0.2) is 22.7 Å². The molecule has 0 saturated carbocycles. The van der Waals surface area contributed by atoms with Gasteiger partial charge in [0.15, 0.2) is 0 Å². The number of carbonyl (C=O) groups excluding carboxylic acids is 1. The third kappa shape index (κ3) is 6.59. The molecule has 5 heteroatoms. The molecule has 106 valence electrons. The van der Waals surface area contributed by atoms with Gasteiger partial charge in [-0.15, -0.1) is 0 Å². The zero-order valence-corrected chi connectivity index (χ0v) is 12.9. The molecule has 0 atom stereocenters. The first kappa shape index (κ1) is 16.0. The molecule has 1 rings (SSSR count). The lowest BCUT2D eigenvalue weighted by atomic mass is 10.1. The lowest BCUT2D eigenvalue weighted by molar-refractivity contribution is 0.0303. The first-order valence-electron chi connectivity index (χ1n) is 6.30. The number of nitrogens with two attached hydrogens (primary N) is 1. The summed E-state index contributed by atoms with van der Waals surface area (Å²) in [6.07, 6.45) is 1.01. The van der Waals surface area contributed by atoms with Crippen molar-refractivity contribution in [2.75, 3.05) is 25.6 Å². The average molecular weight is 330 g/mol. The van der Waals surface area contributed by atoms with Gasteiger partial charge in [0, 0.05) is 16.8 Å². The zero-order valence-electron chi connectivity index (χ0n) is 11.3. The molecule has 0 aliphatic carbocycles. The maximum atomic E-state index is 11.7. The van der Waals surface area contributed by atoms with Gasteiger partial charge in [-0.25, -0.2) is 4.79 Å². The third-order valence-corrected chi connectivity index (χ3v) is 2.91. The van der Waals surface area contributed by atoms with Crippen molar-refractivity contribution in [1.82, 2.24) is 0 Å². The zero-order chi connectivity index (χ0) is 14.3. The molecular formula is C14H20BrNO3. The molecule has 0 fully saturated rings. The van der Waals surface area contributed by atoms with Gasteiger partial charge in [-0.2, -0.15) is 0 Å². The average Bonchev–Trinajstić information content (AvgIpc) is 2.31. The Bertz CT molecular complexity index is 401. The molecule has 1 aromatic carbocycles. The highest BCUT2D eigenvalue weighted by atomic mass is 79.9. The summed E-state index contributed by atoms with van der Waals surface area (Å²) in [5, 5.41) is 0. The number of halogens is 1. The summed E-state index contributed by atoms with van der Waals surface area (Å²) < 4.78 is 11.2. The van der Waals surface area contributed by atoms with Crippen molar-refractivity contribution in [2.45, 2.75) is 20.3 Å². The van der Waals surface area contributed by atoms with Crippen LogP contribution in [0.3, 0.4) is 0 Å². The van der Waals surface area contributed by atoms with Gasteiger partial charge < -0.3 is 15.2 Å². The van der Waals surface area contributed by atoms with E-state index < -0.39 is 0 Å². The second-order valence-corrected chi connectivity index (χ2v) is 5.62. The Balaban J connectivity index is 2.27. The summed E-state index contributed by atoms with van der Waals surface area (Å²) in [5.74, 6) is 0.229. The lowest BCUT2D eigenvalue weighted by Crippen LogP contribution is -2.12. The summed E-state index contributed by atoms with van der Waals surface area (Å²) in [5.41, 5.74) is 6.62. The molecule has 0 unspecified atom stereocenters. The Hall–Kier alpha value is -1.07. The van der Waals surface area contributed by atoms with E-state index in [9.17, 15) is 4.79 Å². The SMILES string of the molecule is CC(C)CCOCCOC(=O)c1cc(N)cc(Br)c1. The Labute approximate surface area is 122 Å². The van der Waals surface area contributed by atoms with Crippen LogP contribution in [0.25, 0.3) is 0 Å². The minimum atomic E-state index is -0.388. The van der Waals surface area contributed by atoms with Crippen LogP contribution in [0, 0.1) is 5.92 Å². The van der Waals surface area contributed by atoms with Crippen LogP contribution in [0.5, 0.6) is 0 Å². The van der Waals surface area contributed by atoms with E-state index in [1.165, 1.54) is 0 Å². The van der Waals surface area contributed by atoms with Crippen LogP contribution in [0.1, 0.15) is 30.6 Å². The first-order chi connectivity index (χ1) is 8.99. The van der Waals surface area contributed by atoms with E-state index in [-0.39, 0.29) is 12.6 Å². The van der Waals surface area contributed by atoms with Crippen LogP contribution >= 0.6 is 15.9 Å². The highest BCUT2D eigenvalue weighted by Gasteiger charge is 2.08. The van der Waals surface area contributed by atoms with E-state index >= 15 is 0 Å². The second-order valence-electron chi connectivity index (χ2n) is 4.70. The Morgan fingerprint density at radius 1 is 1.26 bits per heavy atom. The van der Waals surface area contributed by atoms with Gasteiger partial charge in [0.1, 0.15) is 6.61 Å².